The summed E-state index contributed by atoms with van der Waals surface area (Å²) in [6.07, 6.45) is -0.320. The van der Waals surface area contributed by atoms with E-state index in [1.165, 1.54) is 0 Å². The summed E-state index contributed by atoms with van der Waals surface area (Å²) in [5.74, 6) is -0.118. The van der Waals surface area contributed by atoms with Crippen LogP contribution < -0.4 is 0 Å². The fourth-order valence-electron chi connectivity index (χ4n) is 7.51. The van der Waals surface area contributed by atoms with Gasteiger partial charge in [-0.25, -0.2) is 0 Å². The zero-order valence-corrected chi connectivity index (χ0v) is 15.1. The van der Waals surface area contributed by atoms with Gasteiger partial charge in [-0.3, -0.25) is 0 Å². The van der Waals surface area contributed by atoms with Gasteiger partial charge in [0.05, 0.1) is 23.9 Å². The molecule has 0 amide bonds. The summed E-state index contributed by atoms with van der Waals surface area (Å²) in [6, 6.07) is 0. The molecular formula is C19H32O5. The third-order valence-electron chi connectivity index (χ3n) is 8.96. The van der Waals surface area contributed by atoms with E-state index in [4.69, 9.17) is 0 Å². The molecule has 4 fully saturated rings. The number of fused-ring (bicyclic) bond motifs is 2. The highest BCUT2D eigenvalue weighted by Gasteiger charge is 2.74. The minimum atomic E-state index is -1.37. The second-order valence-electron chi connectivity index (χ2n) is 10.1. The Labute approximate surface area is 143 Å². The Kier molecular flexibility index (Phi) is 3.27. The van der Waals surface area contributed by atoms with E-state index < -0.39 is 40.3 Å². The van der Waals surface area contributed by atoms with Gasteiger partial charge in [-0.05, 0) is 50.4 Å². The van der Waals surface area contributed by atoms with Gasteiger partial charge in [-0.2, -0.15) is 0 Å². The Balaban J connectivity index is 1.82. The van der Waals surface area contributed by atoms with Crippen LogP contribution in [0.3, 0.4) is 0 Å². The first-order chi connectivity index (χ1) is 10.9. The fraction of sp³-hybridized carbons (Fsp3) is 1.00. The number of hydrogen-bond acceptors (Lipinski definition) is 5. The summed E-state index contributed by atoms with van der Waals surface area (Å²) < 4.78 is 0. The molecule has 5 nitrogen and oxygen atoms in total. The van der Waals surface area contributed by atoms with E-state index in [1.54, 1.807) is 6.92 Å². The molecule has 0 aromatic heterocycles. The van der Waals surface area contributed by atoms with E-state index >= 15 is 0 Å². The maximum absolute atomic E-state index is 11.6. The van der Waals surface area contributed by atoms with E-state index in [0.29, 0.717) is 19.3 Å². The predicted molar refractivity (Wildman–Crippen MR) is 87.9 cm³/mol. The van der Waals surface area contributed by atoms with Crippen molar-refractivity contribution in [2.75, 3.05) is 0 Å². The molecule has 0 aromatic carbocycles. The van der Waals surface area contributed by atoms with Crippen LogP contribution in [0.25, 0.3) is 0 Å². The van der Waals surface area contributed by atoms with Crippen molar-refractivity contribution in [3.63, 3.8) is 0 Å². The highest BCUT2D eigenvalue weighted by molar-refractivity contribution is 5.24. The van der Waals surface area contributed by atoms with Crippen molar-refractivity contribution in [3.8, 4) is 0 Å². The van der Waals surface area contributed by atoms with Gasteiger partial charge in [0.15, 0.2) is 0 Å². The second-order valence-corrected chi connectivity index (χ2v) is 10.1. The molecule has 4 rings (SSSR count). The summed E-state index contributed by atoms with van der Waals surface area (Å²) in [4.78, 5) is 0. The van der Waals surface area contributed by atoms with Gasteiger partial charge in [0, 0.05) is 16.7 Å². The van der Waals surface area contributed by atoms with Gasteiger partial charge in [-0.1, -0.05) is 20.8 Å². The first-order valence-electron chi connectivity index (χ1n) is 9.38. The third kappa shape index (κ3) is 1.64. The molecule has 4 aliphatic carbocycles. The van der Waals surface area contributed by atoms with Crippen LogP contribution in [0.15, 0.2) is 0 Å². The van der Waals surface area contributed by atoms with Crippen molar-refractivity contribution < 1.29 is 25.5 Å². The fourth-order valence-corrected chi connectivity index (χ4v) is 7.51. The Bertz CT molecular complexity index is 560. The lowest BCUT2D eigenvalue weighted by atomic mass is 9.63. The first kappa shape index (κ1) is 17.2. The monoisotopic (exact) mass is 340 g/mol. The van der Waals surface area contributed by atoms with Gasteiger partial charge >= 0.3 is 0 Å². The molecule has 0 saturated heterocycles. The van der Waals surface area contributed by atoms with E-state index in [-0.39, 0.29) is 23.7 Å². The predicted octanol–water partition coefficient (Wildman–Crippen LogP) is 0.663. The smallest absolute Gasteiger partial charge is 0.101 e. The first-order valence-corrected chi connectivity index (χ1v) is 9.38. The third-order valence-corrected chi connectivity index (χ3v) is 8.96. The SMILES string of the molecule is CC1C2C[C@@H]3C(O)[C@@]2(CC(O)C2(O)[C@H]1CC(O)C2(C)C)C[C@@]3(C)O. The van der Waals surface area contributed by atoms with Crippen LogP contribution in [0, 0.1) is 34.5 Å². The van der Waals surface area contributed by atoms with Crippen LogP contribution >= 0.6 is 0 Å². The highest BCUT2D eigenvalue weighted by atomic mass is 16.4. The summed E-state index contributed by atoms with van der Waals surface area (Å²) in [7, 11) is 0. The van der Waals surface area contributed by atoms with Crippen LogP contribution in [0.4, 0.5) is 0 Å². The molecule has 0 aromatic rings. The van der Waals surface area contributed by atoms with E-state index in [9.17, 15) is 25.5 Å². The molecular weight excluding hydrogens is 308 g/mol. The van der Waals surface area contributed by atoms with Gasteiger partial charge in [0.1, 0.15) is 5.60 Å². The molecule has 5 heteroatoms. The molecule has 138 valence electrons. The van der Waals surface area contributed by atoms with Crippen molar-refractivity contribution in [3.05, 3.63) is 0 Å². The highest BCUT2D eigenvalue weighted by Crippen LogP contribution is 2.70. The summed E-state index contributed by atoms with van der Waals surface area (Å²) in [6.45, 7) is 7.54. The Morgan fingerprint density at radius 2 is 1.46 bits per heavy atom. The molecule has 0 aliphatic heterocycles. The van der Waals surface area contributed by atoms with Crippen LogP contribution in [-0.2, 0) is 0 Å². The topological polar surface area (TPSA) is 101 Å². The lowest BCUT2D eigenvalue weighted by Gasteiger charge is -2.45. The summed E-state index contributed by atoms with van der Waals surface area (Å²) in [5.41, 5.74) is -3.61. The number of aliphatic hydroxyl groups excluding tert-OH is 3. The molecule has 24 heavy (non-hydrogen) atoms. The normalized spacial score (nSPS) is 64.6. The van der Waals surface area contributed by atoms with Gasteiger partial charge < -0.3 is 25.5 Å². The van der Waals surface area contributed by atoms with Crippen LogP contribution in [-0.4, -0.2) is 55.0 Å². The van der Waals surface area contributed by atoms with E-state index in [1.807, 2.05) is 13.8 Å². The molecule has 0 radical (unpaired) electrons. The molecule has 1 spiro atoms. The Morgan fingerprint density at radius 1 is 0.833 bits per heavy atom. The van der Waals surface area contributed by atoms with E-state index in [2.05, 4.69) is 6.92 Å². The lowest BCUT2D eigenvalue weighted by molar-refractivity contribution is -0.178. The Hall–Kier alpha value is -0.200. The average molecular weight is 340 g/mol. The molecule has 5 N–H and O–H groups in total. The van der Waals surface area contributed by atoms with Crippen LogP contribution in [0.1, 0.15) is 53.4 Å². The molecule has 2 bridgehead atoms. The summed E-state index contributed by atoms with van der Waals surface area (Å²) >= 11 is 0. The molecule has 4 aliphatic rings. The molecule has 0 heterocycles. The number of aliphatic hydroxyl groups is 5. The van der Waals surface area contributed by atoms with Gasteiger partial charge in [-0.15, -0.1) is 0 Å². The van der Waals surface area contributed by atoms with Crippen LogP contribution in [0.2, 0.25) is 0 Å². The average Bonchev–Trinajstić information content (AvgIpc) is 2.89. The number of hydrogen-bond donors (Lipinski definition) is 5. The Morgan fingerprint density at radius 3 is 2.04 bits per heavy atom. The van der Waals surface area contributed by atoms with Crippen molar-refractivity contribution in [1.82, 2.24) is 0 Å². The van der Waals surface area contributed by atoms with Gasteiger partial charge in [0.25, 0.3) is 0 Å². The van der Waals surface area contributed by atoms with Crippen LogP contribution in [0.5, 0.6) is 0 Å². The van der Waals surface area contributed by atoms with Crippen molar-refractivity contribution >= 4 is 0 Å². The maximum Gasteiger partial charge on any atom is 0.101 e. The maximum atomic E-state index is 11.6. The quantitative estimate of drug-likeness (QED) is 0.446. The zero-order valence-electron chi connectivity index (χ0n) is 15.1. The molecule has 4 saturated carbocycles. The standard InChI is InChI=1S/C19H32O5/c1-9-10-5-12-15(22)18(10,8-17(12,4)23)7-14(21)19(24)11(9)6-13(20)16(19,2)3/h9-15,20-24H,5-8H2,1-4H3/t9?,10?,11-,12+,13?,14?,15?,17+,18-,19?/m0/s1. The minimum Gasteiger partial charge on any atom is -0.392 e. The molecule has 10 atom stereocenters. The van der Waals surface area contributed by atoms with Crippen molar-refractivity contribution in [2.24, 2.45) is 34.5 Å². The largest absolute Gasteiger partial charge is 0.392 e. The lowest BCUT2D eigenvalue weighted by Crippen LogP contribution is -2.57. The zero-order chi connectivity index (χ0) is 17.9. The van der Waals surface area contributed by atoms with Crippen molar-refractivity contribution in [1.29, 1.82) is 0 Å². The second kappa shape index (κ2) is 4.55. The summed E-state index contributed by atoms with van der Waals surface area (Å²) in [5, 5.41) is 54.8. The van der Waals surface area contributed by atoms with Crippen molar-refractivity contribution in [2.45, 2.75) is 82.9 Å². The number of rotatable bonds is 0. The van der Waals surface area contributed by atoms with E-state index in [0.717, 1.165) is 6.42 Å². The minimum absolute atomic E-state index is 0.0827. The molecule has 6 unspecified atom stereocenters. The van der Waals surface area contributed by atoms with Gasteiger partial charge in [0.2, 0.25) is 0 Å².